The molecule has 1 aromatic rings. The predicted octanol–water partition coefficient (Wildman–Crippen LogP) is 3.84. The van der Waals surface area contributed by atoms with E-state index in [2.05, 4.69) is 28.2 Å². The summed E-state index contributed by atoms with van der Waals surface area (Å²) in [7, 11) is 0. The fraction of sp³-hybridized carbons (Fsp3) is 0.500. The zero-order chi connectivity index (χ0) is 13.1. The van der Waals surface area contributed by atoms with Gasteiger partial charge in [0.2, 0.25) is 0 Å². The van der Waals surface area contributed by atoms with Crippen molar-refractivity contribution in [3.63, 3.8) is 0 Å². The summed E-state index contributed by atoms with van der Waals surface area (Å²) in [5, 5.41) is 3.48. The van der Waals surface area contributed by atoms with Crippen LogP contribution in [-0.2, 0) is 4.74 Å². The molecule has 0 saturated heterocycles. The second kappa shape index (κ2) is 5.74. The largest absolute Gasteiger partial charge is 0.462 e. The molecule has 0 amide bonds. The standard InChI is InChI=1S/C14H18BrNO2/c1-3-18-14(17)10-4-5-13(12(15)8-10)16-11-6-9(2)7-11/h4-5,8-9,11,16H,3,6-7H2,1-2H3. The number of hydrogen-bond acceptors (Lipinski definition) is 3. The summed E-state index contributed by atoms with van der Waals surface area (Å²) >= 11 is 3.49. The van der Waals surface area contributed by atoms with Crippen molar-refractivity contribution in [3.8, 4) is 0 Å². The van der Waals surface area contributed by atoms with E-state index in [-0.39, 0.29) is 5.97 Å². The monoisotopic (exact) mass is 311 g/mol. The molecule has 0 aromatic heterocycles. The van der Waals surface area contributed by atoms with Gasteiger partial charge in [0.05, 0.1) is 12.2 Å². The third kappa shape index (κ3) is 3.05. The van der Waals surface area contributed by atoms with Crippen LogP contribution in [-0.4, -0.2) is 18.6 Å². The van der Waals surface area contributed by atoms with Crippen molar-refractivity contribution in [2.75, 3.05) is 11.9 Å². The Morgan fingerprint density at radius 1 is 1.50 bits per heavy atom. The fourth-order valence-electron chi connectivity index (χ4n) is 2.21. The van der Waals surface area contributed by atoms with E-state index in [0.29, 0.717) is 18.2 Å². The zero-order valence-electron chi connectivity index (χ0n) is 10.7. The van der Waals surface area contributed by atoms with Crippen LogP contribution in [0.1, 0.15) is 37.0 Å². The van der Waals surface area contributed by atoms with Crippen molar-refractivity contribution in [1.82, 2.24) is 0 Å². The molecule has 2 rings (SSSR count). The molecule has 0 spiro atoms. The SMILES string of the molecule is CCOC(=O)c1ccc(NC2CC(C)C2)c(Br)c1. The lowest BCUT2D eigenvalue weighted by Gasteiger charge is -2.34. The molecule has 1 N–H and O–H groups in total. The van der Waals surface area contributed by atoms with Gasteiger partial charge in [-0.05, 0) is 59.8 Å². The Kier molecular flexibility index (Phi) is 4.27. The molecule has 1 aliphatic carbocycles. The van der Waals surface area contributed by atoms with Gasteiger partial charge >= 0.3 is 5.97 Å². The minimum Gasteiger partial charge on any atom is -0.462 e. The zero-order valence-corrected chi connectivity index (χ0v) is 12.3. The minimum atomic E-state index is -0.276. The Labute approximate surface area is 116 Å². The van der Waals surface area contributed by atoms with Crippen molar-refractivity contribution in [2.45, 2.75) is 32.7 Å². The lowest BCUT2D eigenvalue weighted by Crippen LogP contribution is -2.33. The molecule has 0 unspecified atom stereocenters. The maximum absolute atomic E-state index is 11.6. The number of hydrogen-bond donors (Lipinski definition) is 1. The second-order valence-electron chi connectivity index (χ2n) is 4.83. The van der Waals surface area contributed by atoms with Gasteiger partial charge in [-0.25, -0.2) is 4.79 Å². The van der Waals surface area contributed by atoms with E-state index < -0.39 is 0 Å². The molecular weight excluding hydrogens is 294 g/mol. The Morgan fingerprint density at radius 3 is 2.78 bits per heavy atom. The van der Waals surface area contributed by atoms with Crippen LogP contribution in [0.25, 0.3) is 0 Å². The van der Waals surface area contributed by atoms with Crippen LogP contribution in [0.3, 0.4) is 0 Å². The predicted molar refractivity (Wildman–Crippen MR) is 75.9 cm³/mol. The van der Waals surface area contributed by atoms with Crippen LogP contribution in [0.15, 0.2) is 22.7 Å². The van der Waals surface area contributed by atoms with Gasteiger partial charge in [0, 0.05) is 16.2 Å². The number of carbonyl (C=O) groups is 1. The number of carbonyl (C=O) groups excluding carboxylic acids is 1. The van der Waals surface area contributed by atoms with Crippen LogP contribution in [0.2, 0.25) is 0 Å². The molecule has 0 radical (unpaired) electrons. The first-order valence-electron chi connectivity index (χ1n) is 6.33. The number of rotatable bonds is 4. The summed E-state index contributed by atoms with van der Waals surface area (Å²) in [6.45, 7) is 4.47. The molecular formula is C14H18BrNO2. The molecule has 1 aliphatic rings. The van der Waals surface area contributed by atoms with Crippen LogP contribution >= 0.6 is 15.9 Å². The number of nitrogens with one attached hydrogen (secondary N) is 1. The molecule has 1 aromatic carbocycles. The highest BCUT2D eigenvalue weighted by Crippen LogP contribution is 2.32. The molecule has 1 fully saturated rings. The molecule has 0 heterocycles. The Hall–Kier alpha value is -1.03. The topological polar surface area (TPSA) is 38.3 Å². The first kappa shape index (κ1) is 13.4. The van der Waals surface area contributed by atoms with E-state index in [4.69, 9.17) is 4.74 Å². The molecule has 0 bridgehead atoms. The van der Waals surface area contributed by atoms with Gasteiger partial charge in [-0.1, -0.05) is 6.92 Å². The number of ether oxygens (including phenoxy) is 1. The first-order valence-corrected chi connectivity index (χ1v) is 7.12. The summed E-state index contributed by atoms with van der Waals surface area (Å²) < 4.78 is 5.88. The van der Waals surface area contributed by atoms with Crippen LogP contribution < -0.4 is 5.32 Å². The number of benzene rings is 1. The number of esters is 1. The van der Waals surface area contributed by atoms with E-state index in [0.717, 1.165) is 16.1 Å². The van der Waals surface area contributed by atoms with Gasteiger partial charge in [-0.3, -0.25) is 0 Å². The normalized spacial score (nSPS) is 22.2. The summed E-state index contributed by atoms with van der Waals surface area (Å²) in [5.41, 5.74) is 1.62. The molecule has 1 saturated carbocycles. The van der Waals surface area contributed by atoms with Crippen LogP contribution in [0, 0.1) is 5.92 Å². The van der Waals surface area contributed by atoms with E-state index in [1.165, 1.54) is 12.8 Å². The van der Waals surface area contributed by atoms with Crippen molar-refractivity contribution >= 4 is 27.6 Å². The van der Waals surface area contributed by atoms with Crippen molar-refractivity contribution < 1.29 is 9.53 Å². The average molecular weight is 312 g/mol. The van der Waals surface area contributed by atoms with Crippen LogP contribution in [0.5, 0.6) is 0 Å². The van der Waals surface area contributed by atoms with Crippen LogP contribution in [0.4, 0.5) is 5.69 Å². The Morgan fingerprint density at radius 2 is 2.22 bits per heavy atom. The fourth-order valence-corrected chi connectivity index (χ4v) is 2.71. The molecule has 3 nitrogen and oxygen atoms in total. The van der Waals surface area contributed by atoms with E-state index in [9.17, 15) is 4.79 Å². The maximum Gasteiger partial charge on any atom is 0.338 e. The lowest BCUT2D eigenvalue weighted by atomic mass is 9.82. The highest BCUT2D eigenvalue weighted by atomic mass is 79.9. The molecule has 98 valence electrons. The van der Waals surface area contributed by atoms with Gasteiger partial charge in [0.15, 0.2) is 0 Å². The lowest BCUT2D eigenvalue weighted by molar-refractivity contribution is 0.0526. The minimum absolute atomic E-state index is 0.276. The average Bonchev–Trinajstić information content (AvgIpc) is 2.29. The Bertz CT molecular complexity index is 441. The van der Waals surface area contributed by atoms with E-state index >= 15 is 0 Å². The summed E-state index contributed by atoms with van der Waals surface area (Å²) in [5.74, 6) is 0.544. The third-order valence-corrected chi connectivity index (χ3v) is 3.87. The number of anilines is 1. The highest BCUT2D eigenvalue weighted by molar-refractivity contribution is 9.10. The molecule has 0 atom stereocenters. The first-order chi connectivity index (χ1) is 8.60. The Balaban J connectivity index is 2.03. The van der Waals surface area contributed by atoms with Crippen molar-refractivity contribution in [2.24, 2.45) is 5.92 Å². The number of halogens is 1. The maximum atomic E-state index is 11.6. The van der Waals surface area contributed by atoms with Gasteiger partial charge < -0.3 is 10.1 Å². The summed E-state index contributed by atoms with van der Waals surface area (Å²) in [4.78, 5) is 11.6. The van der Waals surface area contributed by atoms with Gasteiger partial charge in [-0.15, -0.1) is 0 Å². The van der Waals surface area contributed by atoms with Crippen molar-refractivity contribution in [1.29, 1.82) is 0 Å². The second-order valence-corrected chi connectivity index (χ2v) is 5.69. The van der Waals surface area contributed by atoms with Gasteiger partial charge in [0.25, 0.3) is 0 Å². The third-order valence-electron chi connectivity index (χ3n) is 3.21. The highest BCUT2D eigenvalue weighted by Gasteiger charge is 2.25. The quantitative estimate of drug-likeness (QED) is 0.859. The van der Waals surface area contributed by atoms with Gasteiger partial charge in [0.1, 0.15) is 0 Å². The van der Waals surface area contributed by atoms with Crippen molar-refractivity contribution in [3.05, 3.63) is 28.2 Å². The molecule has 4 heteroatoms. The van der Waals surface area contributed by atoms with E-state index in [1.807, 2.05) is 12.1 Å². The van der Waals surface area contributed by atoms with Gasteiger partial charge in [-0.2, -0.15) is 0 Å². The summed E-state index contributed by atoms with van der Waals surface area (Å²) in [6, 6.07) is 6.10. The molecule has 18 heavy (non-hydrogen) atoms. The smallest absolute Gasteiger partial charge is 0.338 e. The summed E-state index contributed by atoms with van der Waals surface area (Å²) in [6.07, 6.45) is 2.43. The van der Waals surface area contributed by atoms with E-state index in [1.54, 1.807) is 13.0 Å². The molecule has 0 aliphatic heterocycles.